The lowest BCUT2D eigenvalue weighted by Crippen LogP contribution is -2.44. The minimum atomic E-state index is -5.45. The van der Waals surface area contributed by atoms with Crippen molar-refractivity contribution in [1.29, 1.82) is 5.26 Å². The molecular formula is C23H37F6NO11. The normalized spacial score (nSPS) is 14.9. The molecule has 0 heterocycles. The maximum atomic E-state index is 13.6. The van der Waals surface area contributed by atoms with Crippen LogP contribution < -0.4 is 0 Å². The van der Waals surface area contributed by atoms with Gasteiger partial charge in [0.05, 0.1) is 65.5 Å². The van der Waals surface area contributed by atoms with Crippen molar-refractivity contribution in [3.63, 3.8) is 0 Å². The smallest absolute Gasteiger partial charge is 0.388 e. The lowest BCUT2D eigenvalue weighted by molar-refractivity contribution is -0.518. The lowest BCUT2D eigenvalue weighted by atomic mass is 10.3. The Bertz CT molecular complexity index is 718. The van der Waals surface area contributed by atoms with E-state index in [0.717, 1.165) is 0 Å². The van der Waals surface area contributed by atoms with Gasteiger partial charge in [0.25, 0.3) is 0 Å². The third-order valence-electron chi connectivity index (χ3n) is 4.12. The van der Waals surface area contributed by atoms with Gasteiger partial charge in [-0.15, -0.1) is 15.4 Å². The minimum absolute atomic E-state index is 0.00671. The number of aliphatic hydroxyl groups is 3. The van der Waals surface area contributed by atoms with E-state index in [2.05, 4.69) is 25.5 Å². The molecule has 0 fully saturated rings. The largest absolute Gasteiger partial charge is 0.495 e. The Kier molecular flexibility index (Phi) is 21.1. The number of unbranched alkanes of at least 4 members (excludes halogenated alkanes) is 1. The third-order valence-corrected chi connectivity index (χ3v) is 4.12. The molecule has 242 valence electrons. The molecule has 0 aliphatic carbocycles. The molecule has 12 nitrogen and oxygen atoms in total. The van der Waals surface area contributed by atoms with Crippen molar-refractivity contribution < 1.29 is 79.6 Å². The van der Waals surface area contributed by atoms with E-state index in [0.29, 0.717) is 6.42 Å². The van der Waals surface area contributed by atoms with E-state index in [-0.39, 0.29) is 59.3 Å². The molecule has 0 amide bonds. The Labute approximate surface area is 233 Å². The Morgan fingerprint density at radius 1 is 0.659 bits per heavy atom. The predicted octanol–water partition coefficient (Wildman–Crippen LogP) is 1.43. The van der Waals surface area contributed by atoms with Gasteiger partial charge < -0.3 is 43.7 Å². The summed E-state index contributed by atoms with van der Waals surface area (Å²) >= 11 is 0. The van der Waals surface area contributed by atoms with Gasteiger partial charge in [-0.1, -0.05) is 6.08 Å². The fourth-order valence-electron chi connectivity index (χ4n) is 2.51. The molecule has 0 aromatic carbocycles. The van der Waals surface area contributed by atoms with E-state index in [1.54, 1.807) is 0 Å². The topological polar surface area (TPSA) is 158 Å². The molecule has 0 spiro atoms. The second-order valence-electron chi connectivity index (χ2n) is 8.25. The summed E-state index contributed by atoms with van der Waals surface area (Å²) in [4.78, 5) is 0. The third kappa shape index (κ3) is 24.7. The number of aliphatic hydroxyl groups excluding tert-OH is 3. The molecule has 3 unspecified atom stereocenters. The molecule has 18 heteroatoms. The van der Waals surface area contributed by atoms with Gasteiger partial charge in [0.1, 0.15) is 31.5 Å². The maximum Gasteiger partial charge on any atom is 0.495 e. The van der Waals surface area contributed by atoms with Gasteiger partial charge in [-0.3, -0.25) is 0 Å². The molecule has 0 aliphatic heterocycles. The molecule has 0 saturated carbocycles. The van der Waals surface area contributed by atoms with Crippen molar-refractivity contribution in [3.8, 4) is 6.07 Å². The van der Waals surface area contributed by atoms with Crippen molar-refractivity contribution in [2.75, 3.05) is 79.3 Å². The fraction of sp³-hybridized carbons (Fsp3) is 0.870. The number of ether oxygens (including phenoxy) is 8. The zero-order valence-corrected chi connectivity index (χ0v) is 22.2. The van der Waals surface area contributed by atoms with Crippen LogP contribution in [0.4, 0.5) is 26.3 Å². The highest BCUT2D eigenvalue weighted by Crippen LogP contribution is 2.33. The van der Waals surface area contributed by atoms with Crippen molar-refractivity contribution in [1.82, 2.24) is 0 Å². The summed E-state index contributed by atoms with van der Waals surface area (Å²) in [5, 5.41) is 37.1. The van der Waals surface area contributed by atoms with E-state index in [1.165, 1.54) is 6.08 Å². The first kappa shape index (κ1) is 39.4. The highest BCUT2D eigenvalue weighted by atomic mass is 19.3. The molecule has 3 N–H and O–H groups in total. The maximum absolute atomic E-state index is 13.6. The Morgan fingerprint density at radius 3 is 1.63 bits per heavy atom. The lowest BCUT2D eigenvalue weighted by Gasteiger charge is -2.26. The summed E-state index contributed by atoms with van der Waals surface area (Å²) < 4.78 is 116. The second-order valence-corrected chi connectivity index (χ2v) is 8.25. The number of alkyl halides is 6. The first-order chi connectivity index (χ1) is 19.2. The van der Waals surface area contributed by atoms with Gasteiger partial charge in [0.15, 0.2) is 0 Å². The molecule has 0 aromatic heterocycles. The number of rotatable bonds is 28. The van der Waals surface area contributed by atoms with Crippen molar-refractivity contribution in [3.05, 3.63) is 12.7 Å². The van der Waals surface area contributed by atoms with E-state index < -0.39 is 63.3 Å². The van der Waals surface area contributed by atoms with Crippen LogP contribution in [0.15, 0.2) is 12.7 Å². The number of hydrogen-bond donors (Lipinski definition) is 3. The molecule has 0 bridgehead atoms. The summed E-state index contributed by atoms with van der Waals surface area (Å²) in [6.07, 6.45) is -16.4. The van der Waals surface area contributed by atoms with Crippen molar-refractivity contribution >= 4 is 0 Å². The van der Waals surface area contributed by atoms with Crippen LogP contribution in [-0.4, -0.2) is 131 Å². The number of halogens is 6. The van der Waals surface area contributed by atoms with Crippen LogP contribution in [0.3, 0.4) is 0 Å². The van der Waals surface area contributed by atoms with Gasteiger partial charge in [-0.05, 0) is 6.42 Å². The second kappa shape index (κ2) is 22.0. The molecule has 0 aliphatic rings. The van der Waals surface area contributed by atoms with E-state index in [9.17, 15) is 41.7 Å². The summed E-state index contributed by atoms with van der Waals surface area (Å²) in [6, 6.07) is 1.86. The van der Waals surface area contributed by atoms with E-state index in [4.69, 9.17) is 24.2 Å². The van der Waals surface area contributed by atoms with Crippen LogP contribution in [-0.2, 0) is 37.9 Å². The Balaban J connectivity index is 4.11. The average molecular weight is 618 g/mol. The molecule has 0 radical (unpaired) electrons. The molecule has 0 rings (SSSR count). The summed E-state index contributed by atoms with van der Waals surface area (Å²) in [7, 11) is 0. The summed E-state index contributed by atoms with van der Waals surface area (Å²) in [5.74, 6) is 0. The Hall–Kier alpha value is -1.63. The summed E-state index contributed by atoms with van der Waals surface area (Å²) in [5.41, 5.74) is 0. The predicted molar refractivity (Wildman–Crippen MR) is 125 cm³/mol. The zero-order valence-electron chi connectivity index (χ0n) is 22.2. The van der Waals surface area contributed by atoms with Crippen LogP contribution in [0.2, 0.25) is 0 Å². The molecule has 41 heavy (non-hydrogen) atoms. The van der Waals surface area contributed by atoms with E-state index >= 15 is 0 Å². The summed E-state index contributed by atoms with van der Waals surface area (Å²) in [6.45, 7) is -2.52. The highest BCUT2D eigenvalue weighted by molar-refractivity contribution is 4.67. The zero-order chi connectivity index (χ0) is 31.2. The molecule has 0 saturated heterocycles. The monoisotopic (exact) mass is 617 g/mol. The average Bonchev–Trinajstić information content (AvgIpc) is 2.84. The van der Waals surface area contributed by atoms with Crippen LogP contribution in [0.25, 0.3) is 0 Å². The quantitative estimate of drug-likeness (QED) is 0.0503. The van der Waals surface area contributed by atoms with Gasteiger partial charge in [-0.2, -0.15) is 22.8 Å². The van der Waals surface area contributed by atoms with Crippen LogP contribution in [0.5, 0.6) is 0 Å². The SMILES string of the molecule is C=CCOCC(O)COCC(O)COCCOCC(F)(F)OC(F)(F)OC(F)(F)COCC(O)COCCCC#N. The number of nitriles is 1. The number of hydrogen-bond acceptors (Lipinski definition) is 12. The van der Waals surface area contributed by atoms with Crippen molar-refractivity contribution in [2.24, 2.45) is 0 Å². The number of nitrogens with zero attached hydrogens (tertiary/aromatic N) is 1. The van der Waals surface area contributed by atoms with Crippen LogP contribution in [0, 0.1) is 11.3 Å². The van der Waals surface area contributed by atoms with E-state index in [1.807, 2.05) is 6.07 Å². The van der Waals surface area contributed by atoms with Crippen LogP contribution in [0.1, 0.15) is 12.8 Å². The standard InChI is InChI=1S/C23H37F6NO11/c1-2-6-34-10-18(31)13-38-14-19(32)12-36-8-9-37-16-21(24,25)40-23(28,29)41-22(26,27)17-39-15-20(33)11-35-7-4-3-5-30/h2,18-20,31-33H,1,3-4,6-17H2. The van der Waals surface area contributed by atoms with Gasteiger partial charge in [-0.25, -0.2) is 9.47 Å². The van der Waals surface area contributed by atoms with Gasteiger partial charge in [0, 0.05) is 13.0 Å². The van der Waals surface area contributed by atoms with Crippen molar-refractivity contribution in [2.45, 2.75) is 49.7 Å². The Morgan fingerprint density at radius 2 is 1.10 bits per heavy atom. The van der Waals surface area contributed by atoms with Crippen LogP contribution >= 0.6 is 0 Å². The fourth-order valence-corrected chi connectivity index (χ4v) is 2.51. The molecular weight excluding hydrogens is 580 g/mol. The van der Waals surface area contributed by atoms with Gasteiger partial charge in [0.2, 0.25) is 0 Å². The highest BCUT2D eigenvalue weighted by Gasteiger charge is 2.52. The molecule has 0 aromatic rings. The molecule has 3 atom stereocenters. The van der Waals surface area contributed by atoms with Gasteiger partial charge >= 0.3 is 18.5 Å². The minimum Gasteiger partial charge on any atom is -0.388 e. The first-order valence-electron chi connectivity index (χ1n) is 12.2. The first-order valence-corrected chi connectivity index (χ1v) is 12.2.